The van der Waals surface area contributed by atoms with Crippen molar-refractivity contribution in [1.82, 2.24) is 4.90 Å². The molecule has 1 unspecified atom stereocenters. The van der Waals surface area contributed by atoms with E-state index in [0.717, 1.165) is 25.2 Å². The number of aliphatic hydroxyl groups is 1. The van der Waals surface area contributed by atoms with Gasteiger partial charge in [-0.05, 0) is 5.56 Å². The predicted molar refractivity (Wildman–Crippen MR) is 61.8 cm³/mol. The fraction of sp³-hybridized carbons (Fsp3) is 0.462. The highest BCUT2D eigenvalue weighted by molar-refractivity contribution is 5.25. The fourth-order valence-corrected chi connectivity index (χ4v) is 2.11. The molecular formula is C13H16N2O. The number of nitriles is 1. The van der Waals surface area contributed by atoms with E-state index < -0.39 is 0 Å². The van der Waals surface area contributed by atoms with Crippen molar-refractivity contribution < 1.29 is 5.11 Å². The van der Waals surface area contributed by atoms with Gasteiger partial charge in [-0.25, -0.2) is 0 Å². The summed E-state index contributed by atoms with van der Waals surface area (Å²) in [5, 5.41) is 18.1. The van der Waals surface area contributed by atoms with Gasteiger partial charge in [-0.2, -0.15) is 5.26 Å². The molecule has 1 fully saturated rings. The minimum Gasteiger partial charge on any atom is -0.396 e. The largest absolute Gasteiger partial charge is 0.396 e. The summed E-state index contributed by atoms with van der Waals surface area (Å²) in [7, 11) is 0. The van der Waals surface area contributed by atoms with Gasteiger partial charge >= 0.3 is 0 Å². The molecule has 1 heterocycles. The molecule has 0 aliphatic carbocycles. The molecule has 1 saturated heterocycles. The van der Waals surface area contributed by atoms with Crippen LogP contribution in [0.5, 0.6) is 0 Å². The quantitative estimate of drug-likeness (QED) is 0.823. The molecule has 1 aliphatic rings. The fourth-order valence-electron chi connectivity index (χ4n) is 2.11. The average molecular weight is 216 g/mol. The lowest BCUT2D eigenvalue weighted by atomic mass is 9.95. The number of likely N-dealkylation sites (tertiary alicyclic amines) is 1. The Balaban J connectivity index is 1.91. The van der Waals surface area contributed by atoms with Crippen molar-refractivity contribution in [3.8, 4) is 6.07 Å². The van der Waals surface area contributed by atoms with Gasteiger partial charge in [-0.1, -0.05) is 30.3 Å². The van der Waals surface area contributed by atoms with Crippen LogP contribution in [0.3, 0.4) is 0 Å². The Morgan fingerprint density at radius 3 is 2.62 bits per heavy atom. The first-order valence-electron chi connectivity index (χ1n) is 5.61. The third kappa shape index (κ3) is 2.41. The maximum Gasteiger partial charge on any atom is 0.0839 e. The molecule has 1 atom stereocenters. The Labute approximate surface area is 95.9 Å². The Morgan fingerprint density at radius 2 is 2.06 bits per heavy atom. The molecule has 0 aromatic heterocycles. The van der Waals surface area contributed by atoms with E-state index in [4.69, 9.17) is 10.4 Å². The highest BCUT2D eigenvalue weighted by atomic mass is 16.3. The molecule has 0 saturated carbocycles. The van der Waals surface area contributed by atoms with Gasteiger partial charge in [-0.15, -0.1) is 0 Å². The lowest BCUT2D eigenvalue weighted by Crippen LogP contribution is -2.49. The monoisotopic (exact) mass is 216 g/mol. The summed E-state index contributed by atoms with van der Waals surface area (Å²) in [5.41, 5.74) is 1.08. The van der Waals surface area contributed by atoms with Gasteiger partial charge < -0.3 is 10.0 Å². The zero-order valence-corrected chi connectivity index (χ0v) is 9.21. The van der Waals surface area contributed by atoms with E-state index in [0.29, 0.717) is 5.92 Å². The van der Waals surface area contributed by atoms with Gasteiger partial charge in [0.15, 0.2) is 0 Å². The van der Waals surface area contributed by atoms with Crippen LogP contribution in [0.2, 0.25) is 0 Å². The Kier molecular flexibility index (Phi) is 3.55. The van der Waals surface area contributed by atoms with Crippen LogP contribution in [0.25, 0.3) is 0 Å². The molecule has 1 aliphatic heterocycles. The number of hydrogen-bond donors (Lipinski definition) is 1. The van der Waals surface area contributed by atoms with E-state index in [1.807, 2.05) is 30.3 Å². The van der Waals surface area contributed by atoms with E-state index in [-0.39, 0.29) is 12.5 Å². The normalized spacial score (nSPS) is 18.8. The molecule has 0 amide bonds. The molecule has 0 bridgehead atoms. The predicted octanol–water partition coefficient (Wildman–Crippen LogP) is 1.22. The van der Waals surface area contributed by atoms with Crippen LogP contribution >= 0.6 is 0 Å². The van der Waals surface area contributed by atoms with Gasteiger partial charge in [0.1, 0.15) is 0 Å². The summed E-state index contributed by atoms with van der Waals surface area (Å²) >= 11 is 0. The molecule has 1 aromatic carbocycles. The average Bonchev–Trinajstić information content (AvgIpc) is 2.29. The third-order valence-electron chi connectivity index (χ3n) is 3.09. The Morgan fingerprint density at radius 1 is 1.38 bits per heavy atom. The van der Waals surface area contributed by atoms with Gasteiger partial charge in [0.25, 0.3) is 0 Å². The van der Waals surface area contributed by atoms with Crippen molar-refractivity contribution in [2.45, 2.75) is 5.92 Å². The topological polar surface area (TPSA) is 47.3 Å². The van der Waals surface area contributed by atoms with Gasteiger partial charge in [0.05, 0.1) is 12.0 Å². The Hall–Kier alpha value is -1.37. The molecule has 1 aromatic rings. The van der Waals surface area contributed by atoms with E-state index in [9.17, 15) is 0 Å². The number of rotatable bonds is 4. The van der Waals surface area contributed by atoms with Crippen molar-refractivity contribution in [1.29, 1.82) is 5.26 Å². The van der Waals surface area contributed by atoms with Gasteiger partial charge in [0, 0.05) is 32.2 Å². The second kappa shape index (κ2) is 5.11. The first kappa shape index (κ1) is 11.1. The molecular weight excluding hydrogens is 200 g/mol. The van der Waals surface area contributed by atoms with Crippen molar-refractivity contribution >= 4 is 0 Å². The minimum atomic E-state index is -0.0548. The van der Waals surface area contributed by atoms with E-state index in [2.05, 4.69) is 11.0 Å². The summed E-state index contributed by atoms with van der Waals surface area (Å²) < 4.78 is 0. The molecule has 3 heteroatoms. The second-order valence-corrected chi connectivity index (χ2v) is 4.36. The number of benzene rings is 1. The van der Waals surface area contributed by atoms with Crippen LogP contribution < -0.4 is 0 Å². The summed E-state index contributed by atoms with van der Waals surface area (Å²) in [4.78, 5) is 2.22. The maximum atomic E-state index is 9.15. The summed E-state index contributed by atoms with van der Waals surface area (Å²) in [6.07, 6.45) is 0. The smallest absolute Gasteiger partial charge is 0.0839 e. The van der Waals surface area contributed by atoms with Crippen molar-refractivity contribution in [2.24, 2.45) is 5.92 Å². The van der Waals surface area contributed by atoms with Crippen molar-refractivity contribution in [3.05, 3.63) is 35.9 Å². The number of aliphatic hydroxyl groups excluding tert-OH is 1. The first-order chi connectivity index (χ1) is 7.83. The van der Waals surface area contributed by atoms with Crippen LogP contribution in [0.15, 0.2) is 30.3 Å². The van der Waals surface area contributed by atoms with Crippen LogP contribution in [0.4, 0.5) is 0 Å². The number of nitrogens with zero attached hydrogens (tertiary/aromatic N) is 2. The highest BCUT2D eigenvalue weighted by Gasteiger charge is 2.28. The Bertz CT molecular complexity index is 365. The SMILES string of the molecule is N#CC(CN1CC(CO)C1)c1ccccc1. The zero-order valence-electron chi connectivity index (χ0n) is 9.21. The van der Waals surface area contributed by atoms with E-state index in [1.165, 1.54) is 0 Å². The van der Waals surface area contributed by atoms with Crippen LogP contribution in [0.1, 0.15) is 11.5 Å². The lowest BCUT2D eigenvalue weighted by Gasteiger charge is -2.39. The molecule has 0 spiro atoms. The van der Waals surface area contributed by atoms with Crippen molar-refractivity contribution in [3.63, 3.8) is 0 Å². The molecule has 3 nitrogen and oxygen atoms in total. The van der Waals surface area contributed by atoms with Crippen LogP contribution in [0, 0.1) is 17.2 Å². The highest BCUT2D eigenvalue weighted by Crippen LogP contribution is 2.21. The second-order valence-electron chi connectivity index (χ2n) is 4.36. The number of hydrogen-bond acceptors (Lipinski definition) is 3. The lowest BCUT2D eigenvalue weighted by molar-refractivity contribution is 0.0526. The standard InChI is InChI=1S/C13H16N2O/c14-6-13(12-4-2-1-3-5-12)9-15-7-11(8-15)10-16/h1-5,11,13,16H,7-10H2. The molecule has 2 rings (SSSR count). The summed E-state index contributed by atoms with van der Waals surface area (Å²) in [5.74, 6) is 0.357. The van der Waals surface area contributed by atoms with E-state index >= 15 is 0 Å². The van der Waals surface area contributed by atoms with Gasteiger partial charge in [0.2, 0.25) is 0 Å². The molecule has 1 N–H and O–H groups in total. The minimum absolute atomic E-state index is 0.0548. The van der Waals surface area contributed by atoms with Crippen LogP contribution in [-0.2, 0) is 0 Å². The first-order valence-corrected chi connectivity index (χ1v) is 5.61. The molecule has 0 radical (unpaired) electrons. The van der Waals surface area contributed by atoms with Crippen LogP contribution in [-0.4, -0.2) is 36.2 Å². The third-order valence-corrected chi connectivity index (χ3v) is 3.09. The van der Waals surface area contributed by atoms with E-state index in [1.54, 1.807) is 0 Å². The zero-order chi connectivity index (χ0) is 11.4. The molecule has 84 valence electrons. The van der Waals surface area contributed by atoms with Gasteiger partial charge in [-0.3, -0.25) is 0 Å². The van der Waals surface area contributed by atoms with Crippen molar-refractivity contribution in [2.75, 3.05) is 26.2 Å². The molecule has 16 heavy (non-hydrogen) atoms. The summed E-state index contributed by atoms with van der Waals surface area (Å²) in [6, 6.07) is 12.2. The maximum absolute atomic E-state index is 9.15. The summed E-state index contributed by atoms with van der Waals surface area (Å²) in [6.45, 7) is 2.87.